The molecule has 0 N–H and O–H groups in total. The molecule has 0 fully saturated rings. The van der Waals surface area contributed by atoms with Crippen LogP contribution >= 0.6 is 16.4 Å². The average Bonchev–Trinajstić information content (AvgIpc) is 3.36. The Kier molecular flexibility index (Phi) is 30.5. The van der Waals surface area contributed by atoms with Gasteiger partial charge in [0.1, 0.15) is 0 Å². The summed E-state index contributed by atoms with van der Waals surface area (Å²) in [4.78, 5) is 0. The van der Waals surface area contributed by atoms with Gasteiger partial charge >= 0.3 is 43.4 Å². The van der Waals surface area contributed by atoms with Gasteiger partial charge < -0.3 is 24.8 Å². The molecule has 4 rings (SSSR count). The fourth-order valence-electron chi connectivity index (χ4n) is 1.60. The number of hydrogen-bond acceptors (Lipinski definition) is 0. The molecule has 2 unspecified atom stereocenters. The van der Waals surface area contributed by atoms with Crippen LogP contribution < -0.4 is 24.8 Å². The van der Waals surface area contributed by atoms with Crippen LogP contribution in [0.5, 0.6) is 0 Å². The molecular weight excluding hydrogens is 493 g/mol. The van der Waals surface area contributed by atoms with Gasteiger partial charge in [-0.3, -0.25) is 28.5 Å². The minimum atomic E-state index is 0. The molecule has 2 heterocycles. The first-order valence-electron chi connectivity index (χ1n) is 8.09. The standard InChI is InChI=1S/2C6H8P.2C5H5.2ClH.2Ti/c2*1-5-3-7-4-6(5)2;2*1-2-4-5-3-1;;;;/h2*3,7H,1-2H3;2*1-3H,4H2;2*1H;;/q4*-1;;;2*+2/p-2. The second-order valence-corrected chi connectivity index (χ2v) is 7.10. The molecule has 0 amide bonds. The summed E-state index contributed by atoms with van der Waals surface area (Å²) in [7, 11) is 1.64. The fraction of sp³-hybridized carbons (Fsp3) is 0.273. The first kappa shape index (κ1) is 35.9. The minimum absolute atomic E-state index is 0. The van der Waals surface area contributed by atoms with Gasteiger partial charge in [0.2, 0.25) is 0 Å². The summed E-state index contributed by atoms with van der Waals surface area (Å²) in [6.45, 7) is 8.46. The summed E-state index contributed by atoms with van der Waals surface area (Å²) in [6, 6.07) is 0. The Balaban J connectivity index is -0.000000132. The van der Waals surface area contributed by atoms with Crippen molar-refractivity contribution in [1.29, 1.82) is 0 Å². The van der Waals surface area contributed by atoms with Crippen LogP contribution in [0.2, 0.25) is 0 Å². The van der Waals surface area contributed by atoms with E-state index in [4.69, 9.17) is 0 Å². The molecule has 0 bridgehead atoms. The van der Waals surface area contributed by atoms with Gasteiger partial charge in [-0.05, 0) is 0 Å². The van der Waals surface area contributed by atoms with Crippen molar-refractivity contribution in [3.8, 4) is 0 Å². The monoisotopic (exact) mass is 518 g/mol. The maximum absolute atomic E-state index is 3.22. The van der Waals surface area contributed by atoms with Crippen LogP contribution in [0.3, 0.4) is 0 Å². The average molecular weight is 519 g/mol. The third-order valence-corrected chi connectivity index (χ3v) is 5.64. The van der Waals surface area contributed by atoms with Crippen LogP contribution in [-0.4, -0.2) is 0 Å². The molecule has 6 heteroatoms. The molecule has 0 radical (unpaired) electrons. The van der Waals surface area contributed by atoms with Crippen molar-refractivity contribution >= 4 is 16.4 Å². The predicted octanol–water partition coefficient (Wildman–Crippen LogP) is 0.884. The Morgan fingerprint density at radius 3 is 1.11 bits per heavy atom. The molecule has 148 valence electrons. The molecule has 28 heavy (non-hydrogen) atoms. The Bertz CT molecular complexity index is 586. The zero-order valence-electron chi connectivity index (χ0n) is 16.8. The number of halogens is 2. The molecule has 0 saturated heterocycles. The third-order valence-electron chi connectivity index (χ3n) is 3.45. The van der Waals surface area contributed by atoms with Crippen LogP contribution in [0, 0.1) is 51.4 Å². The van der Waals surface area contributed by atoms with E-state index in [1.165, 1.54) is 22.3 Å². The second kappa shape index (κ2) is 23.8. The molecule has 2 aromatic rings. The molecule has 0 aliphatic heterocycles. The van der Waals surface area contributed by atoms with E-state index in [2.05, 4.69) is 75.2 Å². The van der Waals surface area contributed by atoms with Gasteiger partial charge in [-0.15, -0.1) is 12.8 Å². The minimum Gasteiger partial charge on any atom is -1.00 e. The van der Waals surface area contributed by atoms with E-state index >= 15 is 0 Å². The zero-order valence-corrected chi connectivity index (χ0v) is 23.4. The van der Waals surface area contributed by atoms with Crippen LogP contribution in [0.4, 0.5) is 0 Å². The maximum Gasteiger partial charge on any atom is 2.00 e. The summed E-state index contributed by atoms with van der Waals surface area (Å²) >= 11 is 0. The fourth-order valence-corrected chi connectivity index (χ4v) is 3.44. The molecule has 2 aromatic heterocycles. The summed E-state index contributed by atoms with van der Waals surface area (Å²) in [6.07, 6.45) is 20.0. The van der Waals surface area contributed by atoms with Crippen molar-refractivity contribution in [3.63, 3.8) is 0 Å². The van der Waals surface area contributed by atoms with Crippen molar-refractivity contribution in [2.45, 2.75) is 40.5 Å². The van der Waals surface area contributed by atoms with Crippen molar-refractivity contribution < 1.29 is 68.2 Å². The van der Waals surface area contributed by atoms with Gasteiger partial charge in [0, 0.05) is 0 Å². The van der Waals surface area contributed by atoms with Gasteiger partial charge in [-0.25, -0.2) is 24.3 Å². The van der Waals surface area contributed by atoms with Crippen LogP contribution in [0.1, 0.15) is 35.1 Å². The molecule has 2 atom stereocenters. The molecule has 2 aliphatic carbocycles. The van der Waals surface area contributed by atoms with Crippen molar-refractivity contribution in [3.05, 3.63) is 94.1 Å². The molecule has 0 aromatic carbocycles. The van der Waals surface area contributed by atoms with Crippen molar-refractivity contribution in [1.82, 2.24) is 0 Å². The number of allylic oxidation sites excluding steroid dienone is 8. The van der Waals surface area contributed by atoms with Crippen LogP contribution in [0.25, 0.3) is 0 Å². The molecule has 0 saturated carbocycles. The number of hydrogen-bond donors (Lipinski definition) is 0. The Morgan fingerprint density at radius 2 is 1.04 bits per heavy atom. The third kappa shape index (κ3) is 18.6. The van der Waals surface area contributed by atoms with Gasteiger partial charge in [0.15, 0.2) is 0 Å². The second-order valence-electron chi connectivity index (χ2n) is 5.45. The summed E-state index contributed by atoms with van der Waals surface area (Å²) in [5, 5.41) is 0. The van der Waals surface area contributed by atoms with E-state index < -0.39 is 0 Å². The largest absolute Gasteiger partial charge is 2.00 e. The van der Waals surface area contributed by atoms with Crippen molar-refractivity contribution in [2.24, 2.45) is 0 Å². The quantitative estimate of drug-likeness (QED) is 0.359. The van der Waals surface area contributed by atoms with Gasteiger partial charge in [0.25, 0.3) is 0 Å². The summed E-state index contributed by atoms with van der Waals surface area (Å²) in [5.74, 6) is 10.9. The normalized spacial score (nSPS) is 11.6. The number of rotatable bonds is 0. The Hall–Kier alpha value is 0.529. The van der Waals surface area contributed by atoms with Gasteiger partial charge in [-0.2, -0.15) is 57.6 Å². The first-order chi connectivity index (χ1) is 11.6. The van der Waals surface area contributed by atoms with Crippen LogP contribution in [-0.2, 0) is 43.4 Å². The Morgan fingerprint density at radius 1 is 0.679 bits per heavy atom. The molecule has 0 spiro atoms. The van der Waals surface area contributed by atoms with E-state index in [9.17, 15) is 0 Å². The van der Waals surface area contributed by atoms with E-state index in [-0.39, 0.29) is 68.2 Å². The predicted molar refractivity (Wildman–Crippen MR) is 112 cm³/mol. The summed E-state index contributed by atoms with van der Waals surface area (Å²) in [5.41, 5.74) is 5.47. The first-order valence-corrected chi connectivity index (χ1v) is 10.2. The van der Waals surface area contributed by atoms with Crippen molar-refractivity contribution in [2.75, 3.05) is 0 Å². The topological polar surface area (TPSA) is 0 Å². The molecule has 2 aliphatic rings. The zero-order chi connectivity index (χ0) is 17.6. The SMILES string of the molecule is Cc1[c-][pH]cc1C.Cc1[c-][pH]cc1C.[C-]1=CC=CC1.[C-]1=CC=CC1.[Cl-].[Cl-].[Ti+2].[Ti+2]. The van der Waals surface area contributed by atoms with E-state index in [0.29, 0.717) is 0 Å². The smallest absolute Gasteiger partial charge is 1.00 e. The molecular formula is C22H26Cl2P2Ti2-2. The van der Waals surface area contributed by atoms with E-state index in [1.54, 1.807) is 0 Å². The van der Waals surface area contributed by atoms with E-state index in [1.807, 2.05) is 24.3 Å². The summed E-state index contributed by atoms with van der Waals surface area (Å²) < 4.78 is 0. The van der Waals surface area contributed by atoms with Gasteiger partial charge in [-0.1, -0.05) is 27.7 Å². The Labute approximate surface area is 217 Å². The number of aryl methyl sites for hydroxylation is 4. The van der Waals surface area contributed by atoms with E-state index in [0.717, 1.165) is 29.2 Å². The maximum atomic E-state index is 3.22. The van der Waals surface area contributed by atoms with Gasteiger partial charge in [0.05, 0.1) is 0 Å². The van der Waals surface area contributed by atoms with Crippen LogP contribution in [0.15, 0.2) is 48.1 Å². The molecule has 0 nitrogen and oxygen atoms in total.